The monoisotopic (exact) mass is 266 g/mol. The molecule has 19 heavy (non-hydrogen) atoms. The largest absolute Gasteiger partial charge is 0.361 e. The average molecular weight is 266 g/mol. The molecule has 0 amide bonds. The number of nitrogens with zero attached hydrogens (tertiary/aromatic N) is 2. The summed E-state index contributed by atoms with van der Waals surface area (Å²) in [6.07, 6.45) is 0. The van der Waals surface area contributed by atoms with Crippen molar-refractivity contribution in [3.05, 3.63) is 17.0 Å². The van der Waals surface area contributed by atoms with Gasteiger partial charge in [0.25, 0.3) is 0 Å². The Hall–Kier alpha value is -1.52. The SMILES string of the molecule is CCNC(=NCC(C)c1c(C)noc1C)NC(C)C. The molecule has 108 valence electrons. The number of rotatable bonds is 5. The lowest BCUT2D eigenvalue weighted by atomic mass is 10.00. The summed E-state index contributed by atoms with van der Waals surface area (Å²) in [7, 11) is 0. The minimum Gasteiger partial charge on any atom is -0.361 e. The first-order valence-corrected chi connectivity index (χ1v) is 6.93. The van der Waals surface area contributed by atoms with Gasteiger partial charge < -0.3 is 15.2 Å². The van der Waals surface area contributed by atoms with Gasteiger partial charge in [-0.15, -0.1) is 0 Å². The van der Waals surface area contributed by atoms with E-state index in [1.807, 2.05) is 13.8 Å². The summed E-state index contributed by atoms with van der Waals surface area (Å²) in [5.41, 5.74) is 2.13. The maximum atomic E-state index is 5.21. The fourth-order valence-electron chi connectivity index (χ4n) is 2.11. The Labute approximate surface area is 115 Å². The Morgan fingerprint density at radius 1 is 1.32 bits per heavy atom. The molecule has 0 saturated carbocycles. The molecule has 1 heterocycles. The number of hydrogen-bond donors (Lipinski definition) is 2. The number of hydrogen-bond acceptors (Lipinski definition) is 3. The van der Waals surface area contributed by atoms with Crippen LogP contribution < -0.4 is 10.6 Å². The predicted molar refractivity (Wildman–Crippen MR) is 78.6 cm³/mol. The number of nitrogens with one attached hydrogen (secondary N) is 2. The number of aryl methyl sites for hydroxylation is 2. The van der Waals surface area contributed by atoms with Gasteiger partial charge in [0, 0.05) is 30.6 Å². The summed E-state index contributed by atoms with van der Waals surface area (Å²) in [6, 6.07) is 0.368. The molecule has 0 aromatic carbocycles. The van der Waals surface area contributed by atoms with E-state index < -0.39 is 0 Å². The van der Waals surface area contributed by atoms with Crippen LogP contribution in [-0.2, 0) is 0 Å². The Bertz CT molecular complexity index is 404. The molecule has 1 aromatic heterocycles. The van der Waals surface area contributed by atoms with Crippen LogP contribution in [0.2, 0.25) is 0 Å². The maximum Gasteiger partial charge on any atom is 0.191 e. The van der Waals surface area contributed by atoms with E-state index in [0.717, 1.165) is 24.0 Å². The highest BCUT2D eigenvalue weighted by molar-refractivity contribution is 5.80. The lowest BCUT2D eigenvalue weighted by Crippen LogP contribution is -2.41. The van der Waals surface area contributed by atoms with Crippen LogP contribution in [0.4, 0.5) is 0 Å². The van der Waals surface area contributed by atoms with Gasteiger partial charge in [-0.1, -0.05) is 12.1 Å². The molecule has 1 rings (SSSR count). The van der Waals surface area contributed by atoms with E-state index in [2.05, 4.69) is 48.5 Å². The van der Waals surface area contributed by atoms with E-state index in [0.29, 0.717) is 18.5 Å². The summed E-state index contributed by atoms with van der Waals surface area (Å²) in [6.45, 7) is 13.9. The van der Waals surface area contributed by atoms with E-state index in [4.69, 9.17) is 4.52 Å². The smallest absolute Gasteiger partial charge is 0.191 e. The van der Waals surface area contributed by atoms with Crippen molar-refractivity contribution in [3.8, 4) is 0 Å². The molecule has 1 aromatic rings. The zero-order valence-corrected chi connectivity index (χ0v) is 12.9. The first-order valence-electron chi connectivity index (χ1n) is 6.93. The summed E-state index contributed by atoms with van der Waals surface area (Å²) >= 11 is 0. The third-order valence-electron chi connectivity index (χ3n) is 2.87. The summed E-state index contributed by atoms with van der Waals surface area (Å²) < 4.78 is 5.21. The van der Waals surface area contributed by atoms with Gasteiger partial charge in [-0.25, -0.2) is 0 Å². The second kappa shape index (κ2) is 7.16. The van der Waals surface area contributed by atoms with E-state index in [1.165, 1.54) is 5.56 Å². The minimum absolute atomic E-state index is 0.300. The highest BCUT2D eigenvalue weighted by Crippen LogP contribution is 2.23. The highest BCUT2D eigenvalue weighted by Gasteiger charge is 2.16. The molecule has 5 heteroatoms. The first kappa shape index (κ1) is 15.5. The van der Waals surface area contributed by atoms with Crippen molar-refractivity contribution >= 4 is 5.96 Å². The topological polar surface area (TPSA) is 62.5 Å². The molecular formula is C14H26N4O. The second-order valence-corrected chi connectivity index (χ2v) is 5.16. The Balaban J connectivity index is 2.71. The predicted octanol–water partition coefficient (Wildman–Crippen LogP) is 2.36. The van der Waals surface area contributed by atoms with Gasteiger partial charge in [0.15, 0.2) is 5.96 Å². The van der Waals surface area contributed by atoms with Crippen LogP contribution in [-0.4, -0.2) is 30.2 Å². The maximum absolute atomic E-state index is 5.21. The average Bonchev–Trinajstić information content (AvgIpc) is 2.65. The van der Waals surface area contributed by atoms with Crippen molar-refractivity contribution in [1.82, 2.24) is 15.8 Å². The molecular weight excluding hydrogens is 240 g/mol. The molecule has 1 atom stereocenters. The molecule has 0 spiro atoms. The van der Waals surface area contributed by atoms with Gasteiger partial charge in [0.05, 0.1) is 5.69 Å². The van der Waals surface area contributed by atoms with E-state index >= 15 is 0 Å². The van der Waals surface area contributed by atoms with Gasteiger partial charge in [-0.05, 0) is 34.6 Å². The van der Waals surface area contributed by atoms with Crippen molar-refractivity contribution < 1.29 is 4.52 Å². The minimum atomic E-state index is 0.300. The van der Waals surface area contributed by atoms with E-state index in [-0.39, 0.29) is 0 Å². The van der Waals surface area contributed by atoms with Crippen molar-refractivity contribution in [2.24, 2.45) is 4.99 Å². The number of guanidine groups is 1. The second-order valence-electron chi connectivity index (χ2n) is 5.16. The highest BCUT2D eigenvalue weighted by atomic mass is 16.5. The van der Waals surface area contributed by atoms with Crippen molar-refractivity contribution in [2.45, 2.75) is 53.5 Å². The zero-order valence-electron chi connectivity index (χ0n) is 12.9. The van der Waals surface area contributed by atoms with Gasteiger partial charge in [-0.3, -0.25) is 4.99 Å². The fourth-order valence-corrected chi connectivity index (χ4v) is 2.11. The van der Waals surface area contributed by atoms with Crippen LogP contribution in [0.5, 0.6) is 0 Å². The molecule has 0 saturated heterocycles. The molecule has 0 fully saturated rings. The van der Waals surface area contributed by atoms with Crippen LogP contribution in [0.25, 0.3) is 0 Å². The Morgan fingerprint density at radius 3 is 2.47 bits per heavy atom. The number of aromatic nitrogens is 1. The van der Waals surface area contributed by atoms with Gasteiger partial charge in [0.2, 0.25) is 0 Å². The normalized spacial score (nSPS) is 13.7. The van der Waals surface area contributed by atoms with Crippen molar-refractivity contribution in [2.75, 3.05) is 13.1 Å². The standard InChI is InChI=1S/C14H26N4O/c1-7-15-14(17-9(2)3)16-8-10(4)13-11(5)18-19-12(13)6/h9-10H,7-8H2,1-6H3,(H2,15,16,17). The molecule has 0 radical (unpaired) electrons. The summed E-state index contributed by atoms with van der Waals surface area (Å²) in [5, 5.41) is 10.5. The molecule has 5 nitrogen and oxygen atoms in total. The lowest BCUT2D eigenvalue weighted by molar-refractivity contribution is 0.391. The summed E-state index contributed by atoms with van der Waals surface area (Å²) in [4.78, 5) is 4.62. The van der Waals surface area contributed by atoms with Gasteiger partial charge in [0.1, 0.15) is 5.76 Å². The van der Waals surface area contributed by atoms with Gasteiger partial charge in [-0.2, -0.15) is 0 Å². The number of aliphatic imine (C=N–C) groups is 1. The Kier molecular flexibility index (Phi) is 5.86. The molecule has 0 aliphatic rings. The quantitative estimate of drug-likeness (QED) is 0.634. The third-order valence-corrected chi connectivity index (χ3v) is 2.87. The fraction of sp³-hybridized carbons (Fsp3) is 0.714. The van der Waals surface area contributed by atoms with Crippen LogP contribution in [0.15, 0.2) is 9.52 Å². The molecule has 0 bridgehead atoms. The van der Waals surface area contributed by atoms with Crippen LogP contribution in [0.3, 0.4) is 0 Å². The Morgan fingerprint density at radius 2 is 2.00 bits per heavy atom. The van der Waals surface area contributed by atoms with Crippen LogP contribution >= 0.6 is 0 Å². The van der Waals surface area contributed by atoms with Crippen molar-refractivity contribution in [1.29, 1.82) is 0 Å². The summed E-state index contributed by atoms with van der Waals surface area (Å²) in [5.74, 6) is 2.05. The van der Waals surface area contributed by atoms with Gasteiger partial charge >= 0.3 is 0 Å². The first-order chi connectivity index (χ1) is 8.95. The van der Waals surface area contributed by atoms with Crippen LogP contribution in [0.1, 0.15) is 50.6 Å². The molecule has 0 aliphatic carbocycles. The van der Waals surface area contributed by atoms with Crippen molar-refractivity contribution in [3.63, 3.8) is 0 Å². The molecule has 0 aliphatic heterocycles. The van der Waals surface area contributed by atoms with Crippen LogP contribution in [0, 0.1) is 13.8 Å². The van der Waals surface area contributed by atoms with E-state index in [9.17, 15) is 0 Å². The third kappa shape index (κ3) is 4.58. The lowest BCUT2D eigenvalue weighted by Gasteiger charge is -2.15. The zero-order chi connectivity index (χ0) is 14.4. The van der Waals surface area contributed by atoms with E-state index in [1.54, 1.807) is 0 Å². The molecule has 1 unspecified atom stereocenters. The molecule has 2 N–H and O–H groups in total.